The summed E-state index contributed by atoms with van der Waals surface area (Å²) in [4.78, 5) is 23.9. The number of carbonyl (C=O) groups is 1. The van der Waals surface area contributed by atoms with Gasteiger partial charge in [0.15, 0.2) is 0 Å². The van der Waals surface area contributed by atoms with Crippen molar-refractivity contribution in [3.05, 3.63) is 70.3 Å². The molecule has 0 aliphatic carbocycles. The minimum Gasteiger partial charge on any atom is -0.506 e. The lowest BCUT2D eigenvalue weighted by molar-refractivity contribution is -0.385. The molecule has 3 rings (SSSR count). The van der Waals surface area contributed by atoms with E-state index in [1.165, 1.54) is 88.8 Å². The van der Waals surface area contributed by atoms with Gasteiger partial charge in [0.1, 0.15) is 11.5 Å². The van der Waals surface area contributed by atoms with E-state index in [9.17, 15) is 20.0 Å². The molecule has 0 radical (unpaired) electrons. The molecule has 0 aliphatic rings. The Bertz CT molecular complexity index is 1230. The minimum atomic E-state index is -0.512. The van der Waals surface area contributed by atoms with E-state index < -0.39 is 10.8 Å². The molecule has 0 bridgehead atoms. The number of para-hydroxylation sites is 2. The molecule has 216 valence electrons. The van der Waals surface area contributed by atoms with Crippen LogP contribution >= 0.6 is 0 Å². The maximum atomic E-state index is 13.0. The molecule has 0 heterocycles. The molecule has 0 aliphatic heterocycles. The summed E-state index contributed by atoms with van der Waals surface area (Å²) in [6, 6.07) is 14.5. The Balaban J connectivity index is 1.45. The zero-order chi connectivity index (χ0) is 28.6. The second-order valence-corrected chi connectivity index (χ2v) is 10.5. The van der Waals surface area contributed by atoms with Crippen molar-refractivity contribution in [2.75, 3.05) is 6.54 Å². The van der Waals surface area contributed by atoms with Gasteiger partial charge in [0.2, 0.25) is 5.75 Å². The highest BCUT2D eigenvalue weighted by Crippen LogP contribution is 2.40. The number of hydrogen-bond donors (Lipinski definition) is 2. The van der Waals surface area contributed by atoms with E-state index >= 15 is 0 Å². The molecule has 40 heavy (non-hydrogen) atoms. The average Bonchev–Trinajstić information content (AvgIpc) is 2.96. The van der Waals surface area contributed by atoms with Crippen molar-refractivity contribution in [1.82, 2.24) is 5.32 Å². The minimum absolute atomic E-state index is 0.0668. The third kappa shape index (κ3) is 9.54. The second-order valence-electron chi connectivity index (χ2n) is 10.5. The predicted molar refractivity (Wildman–Crippen MR) is 161 cm³/mol. The summed E-state index contributed by atoms with van der Waals surface area (Å²) in [5.41, 5.74) is -0.0962. The van der Waals surface area contributed by atoms with Crippen molar-refractivity contribution in [2.45, 2.75) is 96.8 Å². The maximum Gasteiger partial charge on any atom is 0.311 e. The van der Waals surface area contributed by atoms with E-state index in [1.807, 2.05) is 0 Å². The van der Waals surface area contributed by atoms with Gasteiger partial charge in [-0.05, 0) is 18.6 Å². The molecule has 0 fully saturated rings. The van der Waals surface area contributed by atoms with Gasteiger partial charge in [0, 0.05) is 23.4 Å². The first-order valence-corrected chi connectivity index (χ1v) is 15.0. The number of amides is 1. The first-order chi connectivity index (χ1) is 19.5. The highest BCUT2D eigenvalue weighted by molar-refractivity contribution is 6.05. The van der Waals surface area contributed by atoms with E-state index in [0.717, 1.165) is 19.3 Å². The summed E-state index contributed by atoms with van der Waals surface area (Å²) in [6.07, 6.45) is 17.8. The van der Waals surface area contributed by atoms with Crippen LogP contribution in [0.15, 0.2) is 54.6 Å². The lowest BCUT2D eigenvalue weighted by atomic mass is 10.0. The van der Waals surface area contributed by atoms with Gasteiger partial charge in [-0.3, -0.25) is 14.9 Å². The smallest absolute Gasteiger partial charge is 0.311 e. The van der Waals surface area contributed by atoms with Crippen LogP contribution in [0.2, 0.25) is 0 Å². The van der Waals surface area contributed by atoms with E-state index in [-0.39, 0.29) is 28.5 Å². The second kappa shape index (κ2) is 17.2. The van der Waals surface area contributed by atoms with Gasteiger partial charge in [-0.1, -0.05) is 127 Å². The Labute approximate surface area is 238 Å². The fourth-order valence-corrected chi connectivity index (χ4v) is 5.01. The number of fused-ring (bicyclic) bond motifs is 1. The van der Waals surface area contributed by atoms with Crippen LogP contribution in [0.3, 0.4) is 0 Å². The number of nitro groups is 1. The third-order valence-corrected chi connectivity index (χ3v) is 7.32. The fraction of sp³-hybridized carbons (Fsp3) is 0.485. The molecule has 2 N–H and O–H groups in total. The largest absolute Gasteiger partial charge is 0.506 e. The third-order valence-electron chi connectivity index (χ3n) is 7.32. The summed E-state index contributed by atoms with van der Waals surface area (Å²) >= 11 is 0. The van der Waals surface area contributed by atoms with Crippen molar-refractivity contribution in [3.8, 4) is 17.2 Å². The average molecular weight is 549 g/mol. The van der Waals surface area contributed by atoms with Gasteiger partial charge in [-0.15, -0.1) is 0 Å². The topological polar surface area (TPSA) is 102 Å². The molecule has 0 unspecified atom stereocenters. The predicted octanol–water partition coefficient (Wildman–Crippen LogP) is 9.46. The zero-order valence-corrected chi connectivity index (χ0v) is 23.8. The van der Waals surface area contributed by atoms with Crippen LogP contribution in [-0.4, -0.2) is 22.5 Å². The molecular formula is C33H44N2O5. The number of nitro benzene ring substituents is 1. The van der Waals surface area contributed by atoms with Crippen molar-refractivity contribution in [2.24, 2.45) is 0 Å². The molecule has 3 aromatic rings. The molecule has 3 aromatic carbocycles. The van der Waals surface area contributed by atoms with Gasteiger partial charge in [-0.2, -0.15) is 0 Å². The number of nitrogens with zero attached hydrogens (tertiary/aromatic N) is 1. The normalized spacial score (nSPS) is 11.0. The lowest BCUT2D eigenvalue weighted by Gasteiger charge is -2.14. The maximum absolute atomic E-state index is 13.0. The molecule has 0 aromatic heterocycles. The molecule has 7 heteroatoms. The summed E-state index contributed by atoms with van der Waals surface area (Å²) in [5.74, 6) is -0.198. The number of rotatable bonds is 19. The van der Waals surface area contributed by atoms with E-state index in [4.69, 9.17) is 4.74 Å². The number of hydrogen-bond acceptors (Lipinski definition) is 5. The SMILES string of the molecule is CCCCCCCCCCCCCCCCNC(=O)c1cc(Oc2ccccc2[N+](=O)[O-])c2ccccc2c1O. The first kappa shape index (κ1) is 30.9. The first-order valence-electron chi connectivity index (χ1n) is 15.0. The van der Waals surface area contributed by atoms with Gasteiger partial charge in [-0.25, -0.2) is 0 Å². The summed E-state index contributed by atoms with van der Waals surface area (Å²) in [7, 11) is 0. The number of carbonyl (C=O) groups excluding carboxylic acids is 1. The van der Waals surface area contributed by atoms with Crippen LogP contribution in [0, 0.1) is 10.1 Å². The molecule has 0 atom stereocenters. The zero-order valence-electron chi connectivity index (χ0n) is 23.8. The Morgan fingerprint density at radius 1 is 0.775 bits per heavy atom. The number of ether oxygens (including phenoxy) is 1. The lowest BCUT2D eigenvalue weighted by Crippen LogP contribution is -2.24. The Hall–Kier alpha value is -3.61. The number of benzene rings is 3. The van der Waals surface area contributed by atoms with Crippen LogP contribution in [0.5, 0.6) is 17.2 Å². The Kier molecular flexibility index (Phi) is 13.3. The molecule has 0 spiro atoms. The Morgan fingerprint density at radius 3 is 1.90 bits per heavy atom. The van der Waals surface area contributed by atoms with E-state index in [1.54, 1.807) is 36.4 Å². The number of nitrogens with one attached hydrogen (secondary N) is 1. The molecule has 0 saturated heterocycles. The van der Waals surface area contributed by atoms with Gasteiger partial charge >= 0.3 is 5.69 Å². The van der Waals surface area contributed by atoms with E-state index in [0.29, 0.717) is 17.3 Å². The summed E-state index contributed by atoms with van der Waals surface area (Å²) in [6.45, 7) is 2.77. The van der Waals surface area contributed by atoms with Crippen molar-refractivity contribution in [3.63, 3.8) is 0 Å². The highest BCUT2D eigenvalue weighted by atomic mass is 16.6. The van der Waals surface area contributed by atoms with Crippen LogP contribution in [0.4, 0.5) is 5.69 Å². The summed E-state index contributed by atoms with van der Waals surface area (Å²) < 4.78 is 5.93. The number of unbranched alkanes of at least 4 members (excludes halogenated alkanes) is 13. The van der Waals surface area contributed by atoms with Crippen LogP contribution in [0.1, 0.15) is 107 Å². The van der Waals surface area contributed by atoms with Gasteiger partial charge < -0.3 is 15.2 Å². The molecule has 1 amide bonds. The Morgan fingerprint density at radius 2 is 1.30 bits per heavy atom. The fourth-order valence-electron chi connectivity index (χ4n) is 5.01. The number of phenolic OH excluding ortho intramolecular Hbond substituents is 1. The van der Waals surface area contributed by atoms with Gasteiger partial charge in [0.05, 0.1) is 10.5 Å². The molecule has 7 nitrogen and oxygen atoms in total. The number of phenols is 1. The molecular weight excluding hydrogens is 504 g/mol. The molecule has 0 saturated carbocycles. The van der Waals surface area contributed by atoms with Crippen molar-refractivity contribution >= 4 is 22.4 Å². The summed E-state index contributed by atoms with van der Waals surface area (Å²) in [5, 5.41) is 26.2. The number of aromatic hydroxyl groups is 1. The quantitative estimate of drug-likeness (QED) is 0.0882. The highest BCUT2D eigenvalue weighted by Gasteiger charge is 2.20. The van der Waals surface area contributed by atoms with Crippen molar-refractivity contribution in [1.29, 1.82) is 0 Å². The van der Waals surface area contributed by atoms with E-state index in [2.05, 4.69) is 12.2 Å². The van der Waals surface area contributed by atoms with Crippen LogP contribution in [0.25, 0.3) is 10.8 Å². The van der Waals surface area contributed by atoms with Crippen molar-refractivity contribution < 1.29 is 19.6 Å². The van der Waals surface area contributed by atoms with Crippen LogP contribution in [-0.2, 0) is 0 Å². The standard InChI is InChI=1S/C33H44N2O5/c1-2-3-4-5-6-7-8-9-10-11-12-13-14-19-24-34-33(37)28-25-31(26-20-15-16-21-27(26)32(28)36)40-30-23-18-17-22-29(30)35(38)39/h15-18,20-23,25,36H,2-14,19,24H2,1H3,(H,34,37). The monoisotopic (exact) mass is 548 g/mol. The van der Waals surface area contributed by atoms with Crippen LogP contribution < -0.4 is 10.1 Å². The van der Waals surface area contributed by atoms with Gasteiger partial charge in [0.25, 0.3) is 5.91 Å².